The van der Waals surface area contributed by atoms with Crippen LogP contribution in [0.4, 0.5) is 5.82 Å². The van der Waals surface area contributed by atoms with Crippen molar-refractivity contribution in [1.29, 1.82) is 0 Å². The van der Waals surface area contributed by atoms with Crippen LogP contribution >= 0.6 is 0 Å². The van der Waals surface area contributed by atoms with Gasteiger partial charge in [-0.1, -0.05) is 0 Å². The Kier molecular flexibility index (Phi) is 3.31. The fraction of sp³-hybridized carbons (Fsp3) is 0.500. The van der Waals surface area contributed by atoms with Crippen molar-refractivity contribution in [2.45, 2.75) is 19.4 Å². The Morgan fingerprint density at radius 2 is 2.38 bits per heavy atom. The molecular formula is C10H14N4O2. The fourth-order valence-corrected chi connectivity index (χ4v) is 1.65. The van der Waals surface area contributed by atoms with E-state index in [0.29, 0.717) is 18.1 Å². The van der Waals surface area contributed by atoms with E-state index in [1.165, 1.54) is 6.34 Å². The Balaban J connectivity index is 2.16. The van der Waals surface area contributed by atoms with E-state index in [0.717, 1.165) is 12.8 Å². The van der Waals surface area contributed by atoms with Crippen molar-refractivity contribution < 1.29 is 9.90 Å². The molecule has 6 nitrogen and oxygen atoms in total. The molecular weight excluding hydrogens is 208 g/mol. The molecule has 0 fully saturated rings. The third kappa shape index (κ3) is 2.11. The maximum absolute atomic E-state index is 11.8. The van der Waals surface area contributed by atoms with Gasteiger partial charge in [-0.15, -0.1) is 0 Å². The predicted octanol–water partition coefficient (Wildman–Crippen LogP) is 0.292. The molecule has 1 aromatic rings. The van der Waals surface area contributed by atoms with E-state index in [9.17, 15) is 4.79 Å². The Bertz CT molecular complexity index is 411. The van der Waals surface area contributed by atoms with Gasteiger partial charge in [0.1, 0.15) is 12.2 Å². The molecule has 0 amide bonds. The fourth-order valence-electron chi connectivity index (χ4n) is 1.65. The maximum Gasteiger partial charge on any atom is 0.204 e. The first-order chi connectivity index (χ1) is 7.83. The van der Waals surface area contributed by atoms with Crippen LogP contribution < -0.4 is 5.32 Å². The number of Topliss-reactive ketones (excluding diaryl/α,β-unsaturated/α-hetero) is 1. The molecule has 2 N–H and O–H groups in total. The number of fused-ring (bicyclic) bond motifs is 1. The molecule has 0 aromatic carbocycles. The van der Waals surface area contributed by atoms with E-state index in [1.54, 1.807) is 6.33 Å². The summed E-state index contributed by atoms with van der Waals surface area (Å²) in [6.45, 7) is 1.02. The lowest BCUT2D eigenvalue weighted by Crippen LogP contribution is -2.11. The summed E-state index contributed by atoms with van der Waals surface area (Å²) in [4.78, 5) is 19.8. The number of aryl methyl sites for hydroxylation is 1. The van der Waals surface area contributed by atoms with E-state index < -0.39 is 0 Å². The number of aliphatic hydroxyl groups is 1. The average molecular weight is 222 g/mol. The molecule has 1 aliphatic rings. The number of hydrogen-bond acceptors (Lipinski definition) is 5. The molecule has 0 aliphatic carbocycles. The van der Waals surface area contributed by atoms with Gasteiger partial charge in [0.15, 0.2) is 5.82 Å². The van der Waals surface area contributed by atoms with E-state index in [1.807, 2.05) is 4.57 Å². The first kappa shape index (κ1) is 10.8. The van der Waals surface area contributed by atoms with Crippen molar-refractivity contribution in [3.8, 4) is 0 Å². The number of aliphatic hydroxyl groups excluding tert-OH is 1. The topological polar surface area (TPSA) is 79.5 Å². The van der Waals surface area contributed by atoms with Gasteiger partial charge < -0.3 is 15.0 Å². The summed E-state index contributed by atoms with van der Waals surface area (Å²) in [5.74, 6) is 0.535. The Morgan fingerprint density at radius 3 is 3.19 bits per heavy atom. The molecule has 0 bridgehead atoms. The van der Waals surface area contributed by atoms with E-state index in [2.05, 4.69) is 15.3 Å². The van der Waals surface area contributed by atoms with Crippen LogP contribution in [0, 0.1) is 0 Å². The zero-order valence-corrected chi connectivity index (χ0v) is 8.89. The summed E-state index contributed by atoms with van der Waals surface area (Å²) >= 11 is 0. The molecule has 2 heterocycles. The molecule has 0 atom stereocenters. The van der Waals surface area contributed by atoms with Crippen LogP contribution in [0.5, 0.6) is 0 Å². The summed E-state index contributed by atoms with van der Waals surface area (Å²) in [6, 6.07) is 0. The van der Waals surface area contributed by atoms with Crippen LogP contribution in [0.3, 0.4) is 0 Å². The normalized spacial score (nSPS) is 14.4. The zero-order valence-electron chi connectivity index (χ0n) is 8.89. The Hall–Kier alpha value is -1.69. The van der Waals surface area contributed by atoms with Gasteiger partial charge in [-0.2, -0.15) is 0 Å². The smallest absolute Gasteiger partial charge is 0.204 e. The predicted molar refractivity (Wildman–Crippen MR) is 59.9 cm³/mol. The third-order valence-electron chi connectivity index (χ3n) is 2.44. The molecule has 6 heteroatoms. The SMILES string of the molecule is O=C1CN=CNc2ncn(CCCCO)c21. The first-order valence-electron chi connectivity index (χ1n) is 5.27. The second-order valence-electron chi connectivity index (χ2n) is 3.60. The van der Waals surface area contributed by atoms with E-state index >= 15 is 0 Å². The highest BCUT2D eigenvalue weighted by atomic mass is 16.2. The number of carbonyl (C=O) groups excluding carboxylic acids is 1. The minimum Gasteiger partial charge on any atom is -0.396 e. The number of imidazole rings is 1. The van der Waals surface area contributed by atoms with Crippen LogP contribution in [0.2, 0.25) is 0 Å². The lowest BCUT2D eigenvalue weighted by atomic mass is 10.2. The van der Waals surface area contributed by atoms with Crippen LogP contribution in [0.1, 0.15) is 23.3 Å². The van der Waals surface area contributed by atoms with Gasteiger partial charge in [-0.3, -0.25) is 9.79 Å². The highest BCUT2D eigenvalue weighted by Crippen LogP contribution is 2.16. The minimum absolute atomic E-state index is 0.0299. The standard InChI is InChI=1S/C10H14N4O2/c15-4-2-1-3-14-7-13-10-9(14)8(16)5-11-6-12-10/h6-7,15H,1-5H2,(H,11,12). The molecule has 86 valence electrons. The Labute approximate surface area is 93.0 Å². The average Bonchev–Trinajstić information content (AvgIpc) is 2.59. The van der Waals surface area contributed by atoms with Crippen LogP contribution in [0.15, 0.2) is 11.3 Å². The number of nitrogens with zero attached hydrogens (tertiary/aromatic N) is 3. The number of carbonyl (C=O) groups is 1. The van der Waals surface area contributed by atoms with Gasteiger partial charge in [0.05, 0.1) is 12.7 Å². The van der Waals surface area contributed by atoms with Crippen molar-refractivity contribution >= 4 is 17.9 Å². The largest absolute Gasteiger partial charge is 0.396 e. The van der Waals surface area contributed by atoms with Gasteiger partial charge >= 0.3 is 0 Å². The summed E-state index contributed by atoms with van der Waals surface area (Å²) in [7, 11) is 0. The van der Waals surface area contributed by atoms with Crippen LogP contribution in [-0.2, 0) is 6.54 Å². The van der Waals surface area contributed by atoms with Crippen molar-refractivity contribution in [3.63, 3.8) is 0 Å². The van der Waals surface area contributed by atoms with E-state index in [-0.39, 0.29) is 18.9 Å². The monoisotopic (exact) mass is 222 g/mol. The van der Waals surface area contributed by atoms with E-state index in [4.69, 9.17) is 5.11 Å². The van der Waals surface area contributed by atoms with Gasteiger partial charge in [-0.25, -0.2) is 4.98 Å². The number of hydrogen-bond donors (Lipinski definition) is 2. The van der Waals surface area contributed by atoms with Crippen molar-refractivity contribution in [2.75, 3.05) is 18.5 Å². The highest BCUT2D eigenvalue weighted by molar-refractivity contribution is 6.04. The minimum atomic E-state index is -0.0299. The third-order valence-corrected chi connectivity index (χ3v) is 2.44. The summed E-state index contributed by atoms with van der Waals surface area (Å²) in [5, 5.41) is 11.6. The molecule has 0 saturated heterocycles. The highest BCUT2D eigenvalue weighted by Gasteiger charge is 2.19. The number of unbranched alkanes of at least 4 members (excludes halogenated alkanes) is 1. The molecule has 0 unspecified atom stereocenters. The molecule has 16 heavy (non-hydrogen) atoms. The lowest BCUT2D eigenvalue weighted by molar-refractivity contribution is 0.0994. The van der Waals surface area contributed by atoms with Crippen molar-refractivity contribution in [3.05, 3.63) is 12.0 Å². The first-order valence-corrected chi connectivity index (χ1v) is 5.27. The van der Waals surface area contributed by atoms with Crippen molar-refractivity contribution in [2.24, 2.45) is 4.99 Å². The molecule has 1 aliphatic heterocycles. The van der Waals surface area contributed by atoms with Crippen LogP contribution in [-0.4, -0.2) is 39.9 Å². The molecule has 0 radical (unpaired) electrons. The number of ketones is 1. The van der Waals surface area contributed by atoms with Gasteiger partial charge in [0.2, 0.25) is 5.78 Å². The number of aliphatic imine (C=N–C) groups is 1. The second-order valence-corrected chi connectivity index (χ2v) is 3.60. The maximum atomic E-state index is 11.8. The summed E-state index contributed by atoms with van der Waals surface area (Å²) in [5.41, 5.74) is 0.579. The molecule has 0 saturated carbocycles. The summed E-state index contributed by atoms with van der Waals surface area (Å²) in [6.07, 6.45) is 4.69. The second kappa shape index (κ2) is 4.89. The Morgan fingerprint density at radius 1 is 1.50 bits per heavy atom. The summed E-state index contributed by atoms with van der Waals surface area (Å²) < 4.78 is 1.81. The molecule has 2 rings (SSSR count). The van der Waals surface area contributed by atoms with Gasteiger partial charge in [0, 0.05) is 13.2 Å². The number of rotatable bonds is 4. The van der Waals surface area contributed by atoms with Gasteiger partial charge in [-0.05, 0) is 12.8 Å². The van der Waals surface area contributed by atoms with Crippen molar-refractivity contribution in [1.82, 2.24) is 9.55 Å². The molecule has 0 spiro atoms. The van der Waals surface area contributed by atoms with Crippen LogP contribution in [0.25, 0.3) is 0 Å². The number of nitrogens with one attached hydrogen (secondary N) is 1. The molecule has 1 aromatic heterocycles. The van der Waals surface area contributed by atoms with Gasteiger partial charge in [0.25, 0.3) is 0 Å². The zero-order chi connectivity index (χ0) is 11.4. The quantitative estimate of drug-likeness (QED) is 0.718. The lowest BCUT2D eigenvalue weighted by Gasteiger charge is -2.05. The number of anilines is 1. The number of aromatic nitrogens is 2.